The number of nitrogens with zero attached hydrogens (tertiary/aromatic N) is 1. The molecule has 0 saturated carbocycles. The highest BCUT2D eigenvalue weighted by atomic mass is 35.5. The number of hydrogen-bond acceptors (Lipinski definition) is 6. The second kappa shape index (κ2) is 11.8. The summed E-state index contributed by atoms with van der Waals surface area (Å²) in [6.07, 6.45) is 1.14. The summed E-state index contributed by atoms with van der Waals surface area (Å²) in [7, 11) is 0. The summed E-state index contributed by atoms with van der Waals surface area (Å²) in [6.45, 7) is 2.86. The minimum atomic E-state index is -0.482. The third kappa shape index (κ3) is 6.09. The Morgan fingerprint density at radius 3 is 2.39 bits per heavy atom. The topological polar surface area (TPSA) is 103 Å². The Labute approximate surface area is 214 Å². The van der Waals surface area contributed by atoms with Crippen LogP contribution in [-0.4, -0.2) is 43.2 Å². The van der Waals surface area contributed by atoms with Gasteiger partial charge in [-0.15, -0.1) is 0 Å². The van der Waals surface area contributed by atoms with Crippen LogP contribution in [0.25, 0.3) is 11.1 Å². The van der Waals surface area contributed by atoms with E-state index >= 15 is 0 Å². The van der Waals surface area contributed by atoms with Crippen LogP contribution >= 0.6 is 11.6 Å². The van der Waals surface area contributed by atoms with E-state index in [1.807, 2.05) is 17.0 Å². The quantitative estimate of drug-likeness (QED) is 0.206. The number of piperazine rings is 1. The van der Waals surface area contributed by atoms with Crippen molar-refractivity contribution in [2.75, 3.05) is 31.5 Å². The van der Waals surface area contributed by atoms with Crippen molar-refractivity contribution >= 4 is 29.4 Å². The molecule has 186 valence electrons. The lowest BCUT2D eigenvalue weighted by molar-refractivity contribution is -0.115. The highest BCUT2D eigenvalue weighted by Crippen LogP contribution is 2.26. The molecule has 3 aromatic rings. The molecule has 36 heavy (non-hydrogen) atoms. The SMILES string of the molecule is N=C/C(=C(/Oc1ccc(-c2ccc(F)c(CN)c2)cc1)C(=O)Nc1ccc(Cl)cc1)N1CCNCC1. The van der Waals surface area contributed by atoms with E-state index in [1.54, 1.807) is 48.5 Å². The van der Waals surface area contributed by atoms with Crippen molar-refractivity contribution in [1.82, 2.24) is 10.2 Å². The average molecular weight is 508 g/mol. The number of hydrogen-bond donors (Lipinski definition) is 4. The molecule has 3 aromatic carbocycles. The van der Waals surface area contributed by atoms with Crippen molar-refractivity contribution in [2.45, 2.75) is 6.54 Å². The zero-order valence-electron chi connectivity index (χ0n) is 19.6. The Morgan fingerprint density at radius 2 is 1.75 bits per heavy atom. The van der Waals surface area contributed by atoms with E-state index in [4.69, 9.17) is 27.5 Å². The van der Waals surface area contributed by atoms with Crippen LogP contribution in [0.3, 0.4) is 0 Å². The van der Waals surface area contributed by atoms with Crippen LogP contribution < -0.4 is 21.1 Å². The van der Waals surface area contributed by atoms with Crippen molar-refractivity contribution in [3.63, 3.8) is 0 Å². The molecule has 1 aliphatic heterocycles. The molecule has 9 heteroatoms. The van der Waals surface area contributed by atoms with Gasteiger partial charge in [0, 0.05) is 55.2 Å². The first kappa shape index (κ1) is 25.4. The number of carbonyl (C=O) groups is 1. The number of amides is 1. The summed E-state index contributed by atoms with van der Waals surface area (Å²) in [6, 6.07) is 18.7. The Hall–Kier alpha value is -3.72. The van der Waals surface area contributed by atoms with Crippen molar-refractivity contribution in [3.05, 3.63) is 94.6 Å². The summed E-state index contributed by atoms with van der Waals surface area (Å²) >= 11 is 5.96. The Balaban J connectivity index is 1.63. The van der Waals surface area contributed by atoms with Crippen LogP contribution in [0.15, 0.2) is 78.2 Å². The Kier molecular flexibility index (Phi) is 8.32. The monoisotopic (exact) mass is 507 g/mol. The first-order valence-corrected chi connectivity index (χ1v) is 11.9. The van der Waals surface area contributed by atoms with Gasteiger partial charge in [0.1, 0.15) is 17.3 Å². The molecule has 1 amide bonds. The fourth-order valence-electron chi connectivity index (χ4n) is 3.89. The predicted molar refractivity (Wildman–Crippen MR) is 141 cm³/mol. The van der Waals surface area contributed by atoms with Crippen molar-refractivity contribution < 1.29 is 13.9 Å². The maximum Gasteiger partial charge on any atom is 0.293 e. The van der Waals surface area contributed by atoms with Gasteiger partial charge in [0.05, 0.1) is 0 Å². The van der Waals surface area contributed by atoms with E-state index in [1.165, 1.54) is 6.07 Å². The van der Waals surface area contributed by atoms with E-state index in [9.17, 15) is 9.18 Å². The molecule has 1 saturated heterocycles. The zero-order valence-corrected chi connectivity index (χ0v) is 20.3. The molecule has 0 radical (unpaired) electrons. The molecule has 7 nitrogen and oxygen atoms in total. The third-order valence-electron chi connectivity index (χ3n) is 5.81. The van der Waals surface area contributed by atoms with Crippen LogP contribution in [0.1, 0.15) is 5.56 Å². The number of rotatable bonds is 8. The third-order valence-corrected chi connectivity index (χ3v) is 6.06. The molecule has 0 spiro atoms. The summed E-state index contributed by atoms with van der Waals surface area (Å²) < 4.78 is 19.9. The molecule has 1 heterocycles. The molecule has 0 aromatic heterocycles. The number of nitrogens with two attached hydrogens (primary N) is 1. The predicted octanol–water partition coefficient (Wildman–Crippen LogP) is 4.39. The van der Waals surface area contributed by atoms with Crippen LogP contribution in [0, 0.1) is 11.2 Å². The van der Waals surface area contributed by atoms with Gasteiger partial charge in [-0.05, 0) is 59.7 Å². The molecule has 0 unspecified atom stereocenters. The minimum Gasteiger partial charge on any atom is -0.449 e. The van der Waals surface area contributed by atoms with Gasteiger partial charge in [0.15, 0.2) is 0 Å². The van der Waals surface area contributed by atoms with Gasteiger partial charge in [0.2, 0.25) is 5.76 Å². The number of anilines is 1. The van der Waals surface area contributed by atoms with E-state index in [0.29, 0.717) is 40.8 Å². The molecule has 0 aliphatic carbocycles. The van der Waals surface area contributed by atoms with Gasteiger partial charge in [-0.3, -0.25) is 4.79 Å². The molecule has 5 N–H and O–H groups in total. The van der Waals surface area contributed by atoms with E-state index < -0.39 is 5.91 Å². The molecular formula is C27H27ClFN5O2. The lowest BCUT2D eigenvalue weighted by atomic mass is 10.0. The van der Waals surface area contributed by atoms with Crippen molar-refractivity contribution in [3.8, 4) is 16.9 Å². The van der Waals surface area contributed by atoms with Gasteiger partial charge in [-0.2, -0.15) is 0 Å². The highest BCUT2D eigenvalue weighted by molar-refractivity contribution is 6.30. The van der Waals surface area contributed by atoms with Crippen molar-refractivity contribution in [1.29, 1.82) is 5.41 Å². The van der Waals surface area contributed by atoms with Gasteiger partial charge in [-0.25, -0.2) is 4.39 Å². The summed E-state index contributed by atoms with van der Waals surface area (Å²) in [5.74, 6) is -0.378. The molecule has 1 fully saturated rings. The standard InChI is InChI=1S/C27H27ClFN5O2/c28-21-4-6-22(7-5-21)33-27(35)26(25(17-31)34-13-11-32-12-14-34)36-23-8-1-18(2-9-23)19-3-10-24(29)20(15-19)16-30/h1-10,15,17,31-32H,11-14,16,30H2,(H,33,35)/b26-25-,31-17?. The van der Waals surface area contributed by atoms with Crippen LogP contribution in [0.4, 0.5) is 10.1 Å². The van der Waals surface area contributed by atoms with Gasteiger partial charge >= 0.3 is 0 Å². The molecule has 0 atom stereocenters. The number of halogens is 2. The zero-order chi connectivity index (χ0) is 25.5. The van der Waals surface area contributed by atoms with Crippen LogP contribution in [0.5, 0.6) is 5.75 Å². The molecule has 1 aliphatic rings. The number of carbonyl (C=O) groups excluding carboxylic acids is 1. The fourth-order valence-corrected chi connectivity index (χ4v) is 4.01. The van der Waals surface area contributed by atoms with Gasteiger partial charge in [-0.1, -0.05) is 29.8 Å². The number of ether oxygens (including phenoxy) is 1. The molecule has 0 bridgehead atoms. The minimum absolute atomic E-state index is 0.0156. The van der Waals surface area contributed by atoms with E-state index in [-0.39, 0.29) is 18.1 Å². The smallest absolute Gasteiger partial charge is 0.293 e. The fraction of sp³-hybridized carbons (Fsp3) is 0.185. The van der Waals surface area contributed by atoms with Crippen molar-refractivity contribution in [2.24, 2.45) is 5.73 Å². The van der Waals surface area contributed by atoms with Crippen LogP contribution in [0.2, 0.25) is 5.02 Å². The lowest BCUT2D eigenvalue weighted by Crippen LogP contribution is -2.44. The summed E-state index contributed by atoms with van der Waals surface area (Å²) in [5, 5.41) is 14.7. The van der Waals surface area contributed by atoms with E-state index in [0.717, 1.165) is 30.4 Å². The average Bonchev–Trinajstić information content (AvgIpc) is 2.91. The van der Waals surface area contributed by atoms with Gasteiger partial charge < -0.3 is 31.4 Å². The first-order chi connectivity index (χ1) is 17.5. The second-order valence-corrected chi connectivity index (χ2v) is 8.63. The molecule has 4 rings (SSSR count). The second-order valence-electron chi connectivity index (χ2n) is 8.19. The number of nitrogens with one attached hydrogen (secondary N) is 3. The lowest BCUT2D eigenvalue weighted by Gasteiger charge is -2.30. The first-order valence-electron chi connectivity index (χ1n) is 11.5. The maximum absolute atomic E-state index is 13.8. The number of allylic oxidation sites excluding steroid dienone is 1. The summed E-state index contributed by atoms with van der Waals surface area (Å²) in [4.78, 5) is 15.3. The van der Waals surface area contributed by atoms with E-state index in [2.05, 4.69) is 10.6 Å². The Morgan fingerprint density at radius 1 is 1.08 bits per heavy atom. The summed E-state index contributed by atoms with van der Waals surface area (Å²) in [5.41, 5.74) is 8.68. The molecular weight excluding hydrogens is 481 g/mol. The van der Waals surface area contributed by atoms with Gasteiger partial charge in [0.25, 0.3) is 5.91 Å². The Bertz CT molecular complexity index is 1260. The normalized spacial score (nSPS) is 14.1. The number of benzene rings is 3. The maximum atomic E-state index is 13.8. The highest BCUT2D eigenvalue weighted by Gasteiger charge is 2.23. The van der Waals surface area contributed by atoms with Crippen LogP contribution in [-0.2, 0) is 11.3 Å². The largest absolute Gasteiger partial charge is 0.449 e.